The number of carbonyl (C=O) groups is 1. The predicted molar refractivity (Wildman–Crippen MR) is 124 cm³/mol. The van der Waals surface area contributed by atoms with Gasteiger partial charge in [0, 0.05) is 32.1 Å². The lowest BCUT2D eigenvalue weighted by Gasteiger charge is -2.08. The average molecular weight is 447 g/mol. The van der Waals surface area contributed by atoms with Crippen molar-refractivity contribution in [1.29, 1.82) is 0 Å². The van der Waals surface area contributed by atoms with E-state index < -0.39 is 0 Å². The van der Waals surface area contributed by atoms with Gasteiger partial charge in [0.25, 0.3) is 5.91 Å². The second-order valence-electron chi connectivity index (χ2n) is 7.54. The second kappa shape index (κ2) is 7.35. The number of fused-ring (bicyclic) bond motifs is 3. The highest BCUT2D eigenvalue weighted by molar-refractivity contribution is 6.31. The zero-order valence-electron chi connectivity index (χ0n) is 17.6. The van der Waals surface area contributed by atoms with Crippen LogP contribution in [0, 0.1) is 0 Å². The Morgan fingerprint density at radius 2 is 1.78 bits per heavy atom. The van der Waals surface area contributed by atoms with Crippen LogP contribution in [0.3, 0.4) is 0 Å². The summed E-state index contributed by atoms with van der Waals surface area (Å²) in [6.07, 6.45) is 3.41. The predicted octanol–water partition coefficient (Wildman–Crippen LogP) is 3.29. The molecular weight excluding hydrogens is 428 g/mol. The molecule has 32 heavy (non-hydrogen) atoms. The number of hydrogen-bond acceptors (Lipinski definition) is 4. The van der Waals surface area contributed by atoms with Gasteiger partial charge in [0.1, 0.15) is 5.69 Å². The summed E-state index contributed by atoms with van der Waals surface area (Å²) in [6.45, 7) is 0. The Kier molecular flexibility index (Phi) is 4.60. The Labute approximate surface area is 187 Å². The third kappa shape index (κ3) is 2.99. The molecule has 0 saturated heterocycles. The van der Waals surface area contributed by atoms with Gasteiger partial charge in [-0.1, -0.05) is 29.8 Å². The van der Waals surface area contributed by atoms with Gasteiger partial charge < -0.3 is 5.32 Å². The van der Waals surface area contributed by atoms with Gasteiger partial charge in [0.15, 0.2) is 5.15 Å². The molecule has 9 heteroatoms. The molecule has 0 radical (unpaired) electrons. The van der Waals surface area contributed by atoms with Crippen LogP contribution in [0.2, 0.25) is 5.15 Å². The van der Waals surface area contributed by atoms with Gasteiger partial charge in [-0.05, 0) is 35.4 Å². The molecule has 3 heterocycles. The van der Waals surface area contributed by atoms with Gasteiger partial charge in [-0.3, -0.25) is 23.6 Å². The lowest BCUT2D eigenvalue weighted by molar-refractivity contribution is 0.0963. The molecule has 3 aromatic heterocycles. The molecule has 5 rings (SSSR count). The molecule has 0 aliphatic carbocycles. The van der Waals surface area contributed by atoms with Crippen LogP contribution < -0.4 is 11.0 Å². The van der Waals surface area contributed by atoms with E-state index in [2.05, 4.69) is 15.4 Å². The third-order valence-electron chi connectivity index (χ3n) is 5.60. The fourth-order valence-corrected chi connectivity index (χ4v) is 4.21. The molecule has 5 aromatic rings. The second-order valence-corrected chi connectivity index (χ2v) is 7.89. The Hall–Kier alpha value is -3.91. The zero-order chi connectivity index (χ0) is 22.6. The molecule has 0 saturated carbocycles. The van der Waals surface area contributed by atoms with E-state index in [-0.39, 0.29) is 16.8 Å². The van der Waals surface area contributed by atoms with Crippen molar-refractivity contribution in [2.75, 3.05) is 7.05 Å². The molecule has 8 nitrogen and oxygen atoms in total. The largest absolute Gasteiger partial charge is 0.355 e. The quantitative estimate of drug-likeness (QED) is 0.460. The summed E-state index contributed by atoms with van der Waals surface area (Å²) >= 11 is 6.34. The summed E-state index contributed by atoms with van der Waals surface area (Å²) in [7, 11) is 5.07. The molecule has 0 spiro atoms. The molecule has 0 bridgehead atoms. The zero-order valence-corrected chi connectivity index (χ0v) is 18.4. The van der Waals surface area contributed by atoms with Gasteiger partial charge >= 0.3 is 5.69 Å². The minimum absolute atomic E-state index is 0.136. The van der Waals surface area contributed by atoms with Crippen molar-refractivity contribution in [1.82, 2.24) is 29.2 Å². The molecular formula is C23H19ClN6O2. The van der Waals surface area contributed by atoms with E-state index in [4.69, 9.17) is 11.6 Å². The first kappa shape index (κ1) is 20.0. The van der Waals surface area contributed by atoms with Crippen molar-refractivity contribution in [3.8, 4) is 16.8 Å². The number of imidazole rings is 1. The fourth-order valence-electron chi connectivity index (χ4n) is 3.96. The third-order valence-corrected chi connectivity index (χ3v) is 5.87. The first-order valence-electron chi connectivity index (χ1n) is 9.91. The van der Waals surface area contributed by atoms with Crippen molar-refractivity contribution in [2.45, 2.75) is 0 Å². The molecule has 0 fully saturated rings. The van der Waals surface area contributed by atoms with Gasteiger partial charge in [-0.25, -0.2) is 4.79 Å². The number of hydrogen-bond donors (Lipinski definition) is 1. The molecule has 0 unspecified atom stereocenters. The Morgan fingerprint density at radius 1 is 1.06 bits per heavy atom. The van der Waals surface area contributed by atoms with Crippen molar-refractivity contribution in [3.05, 3.63) is 76.1 Å². The Bertz CT molecular complexity index is 1580. The lowest BCUT2D eigenvalue weighted by Crippen LogP contribution is -2.20. The standard InChI is InChI=1S/C23H19ClN6O2/c1-25-22(31)14-6-4-13(5-7-14)15-8-9-17-16(10-15)20-18(11-26-17)29(3)23(32)30(20)19-12-28(2)27-21(19)24/h4-12H,1-3H3,(H,25,31). The number of nitrogens with one attached hydrogen (secondary N) is 1. The maximum absolute atomic E-state index is 13.1. The maximum Gasteiger partial charge on any atom is 0.333 e. The highest BCUT2D eigenvalue weighted by Gasteiger charge is 2.20. The van der Waals surface area contributed by atoms with Gasteiger partial charge in [-0.2, -0.15) is 5.10 Å². The first-order valence-corrected chi connectivity index (χ1v) is 10.3. The summed E-state index contributed by atoms with van der Waals surface area (Å²) < 4.78 is 4.70. The fraction of sp³-hybridized carbons (Fsp3) is 0.130. The molecule has 0 aliphatic rings. The number of halogens is 1. The molecule has 0 atom stereocenters. The number of aromatic nitrogens is 5. The Balaban J connectivity index is 1.78. The van der Waals surface area contributed by atoms with Crippen LogP contribution in [0.1, 0.15) is 10.4 Å². The smallest absolute Gasteiger partial charge is 0.333 e. The summed E-state index contributed by atoms with van der Waals surface area (Å²) in [4.78, 5) is 29.5. The molecule has 1 N–H and O–H groups in total. The number of nitrogens with zero attached hydrogens (tertiary/aromatic N) is 5. The van der Waals surface area contributed by atoms with Crippen LogP contribution in [-0.4, -0.2) is 36.9 Å². The van der Waals surface area contributed by atoms with Crippen LogP contribution in [0.5, 0.6) is 0 Å². The Morgan fingerprint density at radius 3 is 2.44 bits per heavy atom. The van der Waals surface area contributed by atoms with E-state index in [0.717, 1.165) is 22.0 Å². The topological polar surface area (TPSA) is 86.7 Å². The van der Waals surface area contributed by atoms with E-state index in [1.54, 1.807) is 59.5 Å². The highest BCUT2D eigenvalue weighted by atomic mass is 35.5. The van der Waals surface area contributed by atoms with Crippen molar-refractivity contribution < 1.29 is 4.79 Å². The number of pyridine rings is 1. The van der Waals surface area contributed by atoms with Gasteiger partial charge in [0.2, 0.25) is 0 Å². The summed E-state index contributed by atoms with van der Waals surface area (Å²) in [5.74, 6) is -0.136. The minimum Gasteiger partial charge on any atom is -0.355 e. The van der Waals surface area contributed by atoms with E-state index in [9.17, 15) is 9.59 Å². The van der Waals surface area contributed by atoms with Gasteiger partial charge in [-0.15, -0.1) is 0 Å². The summed E-state index contributed by atoms with van der Waals surface area (Å²) in [5, 5.41) is 7.86. The summed E-state index contributed by atoms with van der Waals surface area (Å²) in [5.41, 5.74) is 4.90. The first-order chi connectivity index (χ1) is 15.4. The SMILES string of the molecule is CNC(=O)c1ccc(-c2ccc3ncc4c(c3c2)n(-c2cn(C)nc2Cl)c(=O)n4C)cc1. The number of amides is 1. The minimum atomic E-state index is -0.232. The maximum atomic E-state index is 13.1. The molecule has 2 aromatic carbocycles. The molecule has 0 aliphatic heterocycles. The highest BCUT2D eigenvalue weighted by Crippen LogP contribution is 2.31. The average Bonchev–Trinajstić information content (AvgIpc) is 3.27. The van der Waals surface area contributed by atoms with E-state index in [1.807, 2.05) is 30.3 Å². The van der Waals surface area contributed by atoms with Crippen LogP contribution in [0.25, 0.3) is 38.8 Å². The lowest BCUT2D eigenvalue weighted by atomic mass is 10.0. The molecule has 1 amide bonds. The van der Waals surface area contributed by atoms with E-state index in [1.165, 1.54) is 0 Å². The van der Waals surface area contributed by atoms with Crippen molar-refractivity contribution >= 4 is 39.4 Å². The van der Waals surface area contributed by atoms with E-state index in [0.29, 0.717) is 22.3 Å². The number of carbonyl (C=O) groups excluding carboxylic acids is 1. The van der Waals surface area contributed by atoms with Crippen LogP contribution >= 0.6 is 11.6 Å². The van der Waals surface area contributed by atoms with Crippen LogP contribution in [0.4, 0.5) is 0 Å². The monoisotopic (exact) mass is 446 g/mol. The van der Waals surface area contributed by atoms with Crippen molar-refractivity contribution in [3.63, 3.8) is 0 Å². The molecule has 160 valence electrons. The number of benzene rings is 2. The summed E-state index contributed by atoms with van der Waals surface area (Å²) in [6, 6.07) is 13.3. The van der Waals surface area contributed by atoms with Crippen LogP contribution in [-0.2, 0) is 14.1 Å². The number of aryl methyl sites for hydroxylation is 2. The number of rotatable bonds is 3. The van der Waals surface area contributed by atoms with Crippen LogP contribution in [0.15, 0.2) is 59.7 Å². The normalized spacial score (nSPS) is 11.4. The van der Waals surface area contributed by atoms with Crippen molar-refractivity contribution in [2.24, 2.45) is 14.1 Å². The van der Waals surface area contributed by atoms with Gasteiger partial charge in [0.05, 0.1) is 28.9 Å². The van der Waals surface area contributed by atoms with E-state index >= 15 is 0 Å².